The van der Waals surface area contributed by atoms with Crippen LogP contribution < -0.4 is 5.32 Å². The number of amides is 1. The molecule has 3 fully saturated rings. The van der Waals surface area contributed by atoms with Crippen molar-refractivity contribution in [3.05, 3.63) is 58.5 Å². The molecule has 2 aliphatic carbocycles. The van der Waals surface area contributed by atoms with Gasteiger partial charge in [-0.05, 0) is 66.8 Å². The molecule has 7 atom stereocenters. The summed E-state index contributed by atoms with van der Waals surface area (Å²) in [5, 5.41) is 2.88. The van der Waals surface area contributed by atoms with Crippen molar-refractivity contribution < 1.29 is 33.1 Å². The number of cyclic esters (lactones) is 1. The molecule has 1 saturated heterocycles. The number of methoxy groups -OCH3 is 1. The third kappa shape index (κ3) is 4.21. The molecule has 2 saturated carbocycles. The van der Waals surface area contributed by atoms with E-state index in [1.54, 1.807) is 36.6 Å². The molecule has 1 aromatic heterocycles. The van der Waals surface area contributed by atoms with E-state index in [-0.39, 0.29) is 18.2 Å². The molecule has 9 heteroatoms. The van der Waals surface area contributed by atoms with Gasteiger partial charge in [-0.3, -0.25) is 19.2 Å². The topological polar surface area (TPSA) is 112 Å². The minimum Gasteiger partial charge on any atom is -0.472 e. The van der Waals surface area contributed by atoms with Gasteiger partial charge in [-0.1, -0.05) is 29.8 Å². The Bertz CT molecular complexity index is 1230. The van der Waals surface area contributed by atoms with E-state index in [4.69, 9.17) is 13.9 Å². The second-order valence-electron chi connectivity index (χ2n) is 11.0. The molecule has 5 rings (SSSR count). The molecule has 0 radical (unpaired) electrons. The van der Waals surface area contributed by atoms with E-state index in [9.17, 15) is 19.2 Å². The lowest BCUT2D eigenvalue weighted by molar-refractivity contribution is -0.203. The van der Waals surface area contributed by atoms with Gasteiger partial charge in [0.1, 0.15) is 6.10 Å². The predicted molar refractivity (Wildman–Crippen MR) is 135 cm³/mol. The van der Waals surface area contributed by atoms with E-state index < -0.39 is 52.6 Å². The van der Waals surface area contributed by atoms with Crippen molar-refractivity contribution in [3.63, 3.8) is 0 Å². The summed E-state index contributed by atoms with van der Waals surface area (Å²) in [6, 6.07) is 7.70. The molecule has 1 amide bonds. The molecule has 2 aromatic rings. The fourth-order valence-corrected chi connectivity index (χ4v) is 7.43. The lowest BCUT2D eigenvalue weighted by atomic mass is 9.43. The number of halogens is 1. The number of ketones is 1. The van der Waals surface area contributed by atoms with E-state index in [1.165, 1.54) is 13.4 Å². The number of rotatable bonds is 4. The molecule has 1 aromatic carbocycles. The Labute approximate surface area is 223 Å². The number of esters is 2. The van der Waals surface area contributed by atoms with Crippen LogP contribution in [0.25, 0.3) is 0 Å². The van der Waals surface area contributed by atoms with Crippen LogP contribution in [0.5, 0.6) is 0 Å². The molecule has 2 heterocycles. The zero-order valence-electron chi connectivity index (χ0n) is 21.0. The molecular weight excluding hydrogens is 542 g/mol. The molecule has 37 heavy (non-hydrogen) atoms. The minimum absolute atomic E-state index is 0.150. The third-order valence-corrected chi connectivity index (χ3v) is 9.49. The standard InChI is InChI=1S/C28H30BrNO7/c1-27-10-8-18-26(34)37-21(16-9-11-36-14-16)13-28(18,2)23(27)22(31)20(12-19(27)25(33)35-3)30-24(32)15-4-6-17(29)7-5-15/h4-7,9,11,14,18-21,23H,8,10,12-13H2,1-3H3,(H,30,32)/t18-,19-,20-,21-,23-,27-,28-/m0/s1. The lowest BCUT2D eigenvalue weighted by Crippen LogP contribution is -2.66. The van der Waals surface area contributed by atoms with Crippen molar-refractivity contribution >= 4 is 39.6 Å². The largest absolute Gasteiger partial charge is 0.472 e. The molecule has 3 aliphatic rings. The van der Waals surface area contributed by atoms with Gasteiger partial charge in [-0.2, -0.15) is 0 Å². The van der Waals surface area contributed by atoms with Crippen molar-refractivity contribution in [3.8, 4) is 0 Å². The van der Waals surface area contributed by atoms with E-state index in [0.29, 0.717) is 24.8 Å². The Kier molecular flexibility index (Phi) is 6.54. The van der Waals surface area contributed by atoms with E-state index in [1.807, 2.05) is 13.8 Å². The smallest absolute Gasteiger partial charge is 0.310 e. The Morgan fingerprint density at radius 3 is 2.49 bits per heavy atom. The average Bonchev–Trinajstić information content (AvgIpc) is 3.40. The number of hydrogen-bond donors (Lipinski definition) is 1. The van der Waals surface area contributed by atoms with Gasteiger partial charge < -0.3 is 19.2 Å². The minimum atomic E-state index is -0.890. The number of furan rings is 1. The van der Waals surface area contributed by atoms with Crippen LogP contribution in [0, 0.1) is 28.6 Å². The van der Waals surface area contributed by atoms with Crippen LogP contribution in [-0.4, -0.2) is 36.8 Å². The second-order valence-corrected chi connectivity index (χ2v) is 11.9. The summed E-state index contributed by atoms with van der Waals surface area (Å²) in [4.78, 5) is 53.7. The quantitative estimate of drug-likeness (QED) is 0.532. The number of benzene rings is 1. The molecule has 1 N–H and O–H groups in total. The Morgan fingerprint density at radius 2 is 1.84 bits per heavy atom. The molecule has 0 unspecified atom stereocenters. The van der Waals surface area contributed by atoms with Crippen molar-refractivity contribution in [1.29, 1.82) is 0 Å². The molecule has 1 aliphatic heterocycles. The summed E-state index contributed by atoms with van der Waals surface area (Å²) in [6.07, 6.45) is 4.09. The fourth-order valence-electron chi connectivity index (χ4n) is 7.17. The first-order valence-electron chi connectivity index (χ1n) is 12.5. The summed E-state index contributed by atoms with van der Waals surface area (Å²) in [7, 11) is 1.34. The first-order chi connectivity index (χ1) is 17.6. The van der Waals surface area contributed by atoms with Crippen LogP contribution in [-0.2, 0) is 23.9 Å². The number of ether oxygens (including phenoxy) is 2. The summed E-state index contributed by atoms with van der Waals surface area (Å²) in [5.74, 6) is -3.06. The average molecular weight is 572 g/mol. The Morgan fingerprint density at radius 1 is 1.11 bits per heavy atom. The number of Topliss-reactive ketones (excluding diaryl/α,β-unsaturated/α-hetero) is 1. The molecule has 0 bridgehead atoms. The van der Waals surface area contributed by atoms with Gasteiger partial charge in [0.15, 0.2) is 5.78 Å². The van der Waals surface area contributed by atoms with Gasteiger partial charge in [0.2, 0.25) is 0 Å². The molecule has 8 nitrogen and oxygen atoms in total. The molecule has 196 valence electrons. The van der Waals surface area contributed by atoms with Gasteiger partial charge >= 0.3 is 11.9 Å². The first kappa shape index (κ1) is 25.7. The van der Waals surface area contributed by atoms with Crippen molar-refractivity contribution in [2.24, 2.45) is 28.6 Å². The highest BCUT2D eigenvalue weighted by Gasteiger charge is 2.67. The van der Waals surface area contributed by atoms with Crippen LogP contribution in [0.2, 0.25) is 0 Å². The van der Waals surface area contributed by atoms with Crippen molar-refractivity contribution in [2.75, 3.05) is 7.11 Å². The number of hydrogen-bond acceptors (Lipinski definition) is 7. The molecular formula is C28H30BrNO7. The highest BCUT2D eigenvalue weighted by Crippen LogP contribution is 2.65. The van der Waals surface area contributed by atoms with Crippen LogP contribution in [0.4, 0.5) is 0 Å². The van der Waals surface area contributed by atoms with Gasteiger partial charge in [0.05, 0.1) is 37.5 Å². The van der Waals surface area contributed by atoms with E-state index >= 15 is 0 Å². The fraction of sp³-hybridized carbons (Fsp3) is 0.500. The monoisotopic (exact) mass is 571 g/mol. The van der Waals surface area contributed by atoms with Crippen LogP contribution >= 0.6 is 15.9 Å². The van der Waals surface area contributed by atoms with Crippen LogP contribution in [0.1, 0.15) is 61.6 Å². The third-order valence-electron chi connectivity index (χ3n) is 8.96. The maximum absolute atomic E-state index is 14.3. The number of fused-ring (bicyclic) bond motifs is 3. The number of carbonyl (C=O) groups excluding carboxylic acids is 4. The van der Waals surface area contributed by atoms with E-state index in [0.717, 1.165) is 10.0 Å². The first-order valence-corrected chi connectivity index (χ1v) is 13.3. The summed E-state index contributed by atoms with van der Waals surface area (Å²) < 4.78 is 17.0. The normalized spacial score (nSPS) is 35.1. The van der Waals surface area contributed by atoms with Gasteiger partial charge in [0.25, 0.3) is 5.91 Å². The zero-order chi connectivity index (χ0) is 26.5. The van der Waals surface area contributed by atoms with Gasteiger partial charge in [-0.25, -0.2) is 0 Å². The summed E-state index contributed by atoms with van der Waals surface area (Å²) in [6.45, 7) is 3.91. The van der Waals surface area contributed by atoms with Crippen LogP contribution in [0.3, 0.4) is 0 Å². The predicted octanol–water partition coefficient (Wildman–Crippen LogP) is 4.63. The van der Waals surface area contributed by atoms with E-state index in [2.05, 4.69) is 21.2 Å². The summed E-state index contributed by atoms with van der Waals surface area (Å²) in [5.41, 5.74) is -0.373. The molecule has 0 spiro atoms. The maximum Gasteiger partial charge on any atom is 0.310 e. The SMILES string of the molecule is COC(=O)[C@@H]1C[C@H](NC(=O)c2ccc(Br)cc2)C(=O)[C@H]2[C@@]1(C)CC[C@H]1C(=O)O[C@H](c3ccoc3)C[C@]21C. The Hall–Kier alpha value is -2.94. The van der Waals surface area contributed by atoms with Gasteiger partial charge in [0, 0.05) is 21.5 Å². The zero-order valence-corrected chi connectivity index (χ0v) is 22.6. The number of nitrogens with one attached hydrogen (secondary N) is 1. The summed E-state index contributed by atoms with van der Waals surface area (Å²) >= 11 is 3.36. The maximum atomic E-state index is 14.3. The highest BCUT2D eigenvalue weighted by molar-refractivity contribution is 9.10. The Balaban J connectivity index is 1.53. The van der Waals surface area contributed by atoms with Gasteiger partial charge in [-0.15, -0.1) is 0 Å². The highest BCUT2D eigenvalue weighted by atomic mass is 79.9. The van der Waals surface area contributed by atoms with Crippen molar-refractivity contribution in [2.45, 2.75) is 51.7 Å². The second kappa shape index (κ2) is 9.42. The van der Waals surface area contributed by atoms with Crippen LogP contribution in [0.15, 0.2) is 51.7 Å². The lowest BCUT2D eigenvalue weighted by Gasteiger charge is -2.61. The number of carbonyl (C=O) groups is 4. The van der Waals surface area contributed by atoms with Crippen molar-refractivity contribution in [1.82, 2.24) is 5.32 Å².